The zero-order valence-electron chi connectivity index (χ0n) is 5.83. The molecule has 0 atom stereocenters. The van der Waals surface area contributed by atoms with Gasteiger partial charge in [0.05, 0.1) is 4.47 Å². The Morgan fingerprint density at radius 1 is 1.33 bits per heavy atom. The Morgan fingerprint density at radius 3 is 2.42 bits per heavy atom. The predicted molar refractivity (Wildman–Crippen MR) is 45.6 cm³/mol. The van der Waals surface area contributed by atoms with Gasteiger partial charge in [0.2, 0.25) is 0 Å². The first kappa shape index (κ1) is 9.50. The molecule has 0 aliphatic carbocycles. The Balaban J connectivity index is 3.27. The summed E-state index contributed by atoms with van der Waals surface area (Å²) in [5.41, 5.74) is 0.0221. The van der Waals surface area contributed by atoms with E-state index in [9.17, 15) is 4.39 Å². The van der Waals surface area contributed by atoms with E-state index < -0.39 is 18.7 Å². The van der Waals surface area contributed by atoms with Crippen molar-refractivity contribution in [1.29, 1.82) is 0 Å². The van der Waals surface area contributed by atoms with E-state index >= 15 is 0 Å². The van der Waals surface area contributed by atoms with Crippen molar-refractivity contribution < 1.29 is 19.5 Å². The second-order valence-electron chi connectivity index (χ2n) is 2.17. The monoisotopic (exact) mass is 234 g/mol. The van der Waals surface area contributed by atoms with Gasteiger partial charge in [-0.05, 0) is 22.0 Å². The quantitative estimate of drug-likeness (QED) is 0.599. The summed E-state index contributed by atoms with van der Waals surface area (Å²) in [6.45, 7) is 0. The Hall–Kier alpha value is -0.585. The second kappa shape index (κ2) is 3.43. The highest BCUT2D eigenvalue weighted by Crippen LogP contribution is 2.24. The van der Waals surface area contributed by atoms with E-state index in [0.29, 0.717) is 0 Å². The number of benzene rings is 1. The summed E-state index contributed by atoms with van der Waals surface area (Å²) in [6, 6.07) is 2.12. The normalized spacial score (nSPS) is 10.0. The molecule has 1 aromatic carbocycles. The fraction of sp³-hybridized carbons (Fsp3) is 0. The van der Waals surface area contributed by atoms with E-state index in [1.54, 1.807) is 0 Å². The number of phenolic OH excluding ortho intramolecular Hbond substituents is 1. The predicted octanol–water partition coefficient (Wildman–Crippen LogP) is -0.0264. The highest BCUT2D eigenvalue weighted by atomic mass is 79.9. The summed E-state index contributed by atoms with van der Waals surface area (Å²) >= 11 is 2.82. The fourth-order valence-corrected chi connectivity index (χ4v) is 1.28. The first-order valence-electron chi connectivity index (χ1n) is 3.07. The zero-order valence-corrected chi connectivity index (χ0v) is 7.42. The van der Waals surface area contributed by atoms with Gasteiger partial charge in [-0.25, -0.2) is 4.39 Å². The lowest BCUT2D eigenvalue weighted by Crippen LogP contribution is -2.31. The number of aromatic hydroxyl groups is 1. The number of rotatable bonds is 1. The maximum Gasteiger partial charge on any atom is 0.489 e. The van der Waals surface area contributed by atoms with Crippen LogP contribution >= 0.6 is 15.9 Å². The molecule has 1 aromatic rings. The average Bonchev–Trinajstić information content (AvgIpc) is 2.00. The molecule has 0 aromatic heterocycles. The van der Waals surface area contributed by atoms with Gasteiger partial charge in [-0.2, -0.15) is 0 Å². The molecule has 0 bridgehead atoms. The molecule has 0 saturated heterocycles. The van der Waals surface area contributed by atoms with Crippen LogP contribution in [0.1, 0.15) is 0 Å². The summed E-state index contributed by atoms with van der Waals surface area (Å²) in [6.07, 6.45) is 0. The van der Waals surface area contributed by atoms with Gasteiger partial charge >= 0.3 is 7.12 Å². The molecule has 64 valence electrons. The van der Waals surface area contributed by atoms with Crippen molar-refractivity contribution in [2.45, 2.75) is 0 Å². The van der Waals surface area contributed by atoms with Gasteiger partial charge in [0.25, 0.3) is 0 Å². The zero-order chi connectivity index (χ0) is 9.30. The molecule has 12 heavy (non-hydrogen) atoms. The van der Waals surface area contributed by atoms with Crippen molar-refractivity contribution in [2.75, 3.05) is 0 Å². The summed E-state index contributed by atoms with van der Waals surface area (Å²) in [4.78, 5) is 0. The molecule has 1 rings (SSSR count). The van der Waals surface area contributed by atoms with E-state index in [0.717, 1.165) is 6.07 Å². The summed E-state index contributed by atoms with van der Waals surface area (Å²) in [5, 5.41) is 26.4. The minimum atomic E-state index is -1.73. The largest absolute Gasteiger partial charge is 0.504 e. The minimum absolute atomic E-state index is 0.0221. The highest BCUT2D eigenvalue weighted by molar-refractivity contribution is 9.10. The van der Waals surface area contributed by atoms with Crippen molar-refractivity contribution in [2.24, 2.45) is 0 Å². The van der Waals surface area contributed by atoms with Gasteiger partial charge in [0.1, 0.15) is 0 Å². The van der Waals surface area contributed by atoms with Crippen LogP contribution in [0.5, 0.6) is 5.75 Å². The molecule has 0 radical (unpaired) electrons. The molecule has 3 N–H and O–H groups in total. The SMILES string of the molecule is OB(O)c1ccc(F)c(O)c1Br. The molecule has 6 heteroatoms. The number of phenols is 1. The number of halogens is 2. The molecule has 0 saturated carbocycles. The number of hydrogen-bond acceptors (Lipinski definition) is 3. The summed E-state index contributed by atoms with van der Waals surface area (Å²) < 4.78 is 12.5. The van der Waals surface area contributed by atoms with Gasteiger partial charge in [-0.15, -0.1) is 0 Å². The molecule has 0 unspecified atom stereocenters. The van der Waals surface area contributed by atoms with E-state index in [1.807, 2.05) is 0 Å². The van der Waals surface area contributed by atoms with Crippen LogP contribution in [0.2, 0.25) is 0 Å². The molecule has 0 aliphatic heterocycles. The molecule has 0 spiro atoms. The third kappa shape index (κ3) is 1.60. The van der Waals surface area contributed by atoms with Crippen LogP contribution in [0.4, 0.5) is 4.39 Å². The van der Waals surface area contributed by atoms with Crippen LogP contribution < -0.4 is 5.46 Å². The van der Waals surface area contributed by atoms with Crippen molar-refractivity contribution in [3.05, 3.63) is 22.4 Å². The van der Waals surface area contributed by atoms with E-state index in [1.165, 1.54) is 6.07 Å². The maximum atomic E-state index is 12.6. The Morgan fingerprint density at radius 2 is 1.92 bits per heavy atom. The molecule has 0 aliphatic rings. The van der Waals surface area contributed by atoms with Crippen LogP contribution in [0.3, 0.4) is 0 Å². The third-order valence-electron chi connectivity index (χ3n) is 1.37. The topological polar surface area (TPSA) is 60.7 Å². The second-order valence-corrected chi connectivity index (χ2v) is 2.97. The maximum absolute atomic E-state index is 12.6. The number of hydrogen-bond donors (Lipinski definition) is 3. The van der Waals surface area contributed by atoms with Gasteiger partial charge in [0, 0.05) is 5.46 Å². The van der Waals surface area contributed by atoms with Crippen LogP contribution in [0.15, 0.2) is 16.6 Å². The van der Waals surface area contributed by atoms with Crippen molar-refractivity contribution in [3.63, 3.8) is 0 Å². The molecule has 0 amide bonds. The van der Waals surface area contributed by atoms with Crippen LogP contribution in [0.25, 0.3) is 0 Å². The molecule has 3 nitrogen and oxygen atoms in total. The first-order chi connectivity index (χ1) is 5.54. The lowest BCUT2D eigenvalue weighted by Gasteiger charge is -2.04. The van der Waals surface area contributed by atoms with Gasteiger partial charge in [-0.1, -0.05) is 6.07 Å². The Labute approximate surface area is 76.7 Å². The van der Waals surface area contributed by atoms with Gasteiger partial charge < -0.3 is 15.2 Å². The van der Waals surface area contributed by atoms with Crippen molar-refractivity contribution in [1.82, 2.24) is 0 Å². The van der Waals surface area contributed by atoms with Gasteiger partial charge in [0.15, 0.2) is 11.6 Å². The lowest BCUT2D eigenvalue weighted by atomic mass is 9.80. The molecule has 0 heterocycles. The average molecular weight is 235 g/mol. The van der Waals surface area contributed by atoms with E-state index in [4.69, 9.17) is 15.2 Å². The van der Waals surface area contributed by atoms with E-state index in [-0.39, 0.29) is 9.94 Å². The molecular weight excluding hydrogens is 230 g/mol. The minimum Gasteiger partial charge on any atom is -0.504 e. The summed E-state index contributed by atoms with van der Waals surface area (Å²) in [5.74, 6) is -1.44. The van der Waals surface area contributed by atoms with Crippen LogP contribution in [-0.2, 0) is 0 Å². The van der Waals surface area contributed by atoms with Gasteiger partial charge in [-0.3, -0.25) is 0 Å². The fourth-order valence-electron chi connectivity index (χ4n) is 0.756. The Kier molecular flexibility index (Phi) is 2.71. The molecule has 0 fully saturated rings. The van der Waals surface area contributed by atoms with E-state index in [2.05, 4.69) is 15.9 Å². The van der Waals surface area contributed by atoms with Crippen molar-refractivity contribution >= 4 is 28.5 Å². The standard InChI is InChI=1S/C6H5BBrFO3/c8-5-3(7(11)12)1-2-4(9)6(5)10/h1-2,10-12H. The summed E-state index contributed by atoms with van der Waals surface area (Å²) in [7, 11) is -1.73. The Bertz CT molecular complexity index is 305. The van der Waals surface area contributed by atoms with Crippen LogP contribution in [-0.4, -0.2) is 22.3 Å². The molecular formula is C6H5BBrFO3. The lowest BCUT2D eigenvalue weighted by molar-refractivity contribution is 0.418. The smallest absolute Gasteiger partial charge is 0.489 e. The van der Waals surface area contributed by atoms with Crippen molar-refractivity contribution in [3.8, 4) is 5.75 Å². The van der Waals surface area contributed by atoms with Crippen LogP contribution in [0, 0.1) is 5.82 Å². The first-order valence-corrected chi connectivity index (χ1v) is 3.86. The highest BCUT2D eigenvalue weighted by Gasteiger charge is 2.18. The third-order valence-corrected chi connectivity index (χ3v) is 2.21.